The van der Waals surface area contributed by atoms with Crippen LogP contribution in [0, 0.1) is 6.92 Å². The molecule has 5 heteroatoms. The van der Waals surface area contributed by atoms with Crippen molar-refractivity contribution in [2.45, 2.75) is 6.92 Å². The summed E-state index contributed by atoms with van der Waals surface area (Å²) in [4.78, 5) is 24.1. The number of carbonyl (C=O) groups excluding carboxylic acids is 2. The first-order valence-corrected chi connectivity index (χ1v) is 9.30. The van der Waals surface area contributed by atoms with Crippen molar-refractivity contribution in [3.63, 3.8) is 0 Å². The van der Waals surface area contributed by atoms with E-state index in [1.807, 2.05) is 43.3 Å². The van der Waals surface area contributed by atoms with E-state index >= 15 is 0 Å². The molecule has 2 N–H and O–H groups in total. The molecule has 0 aliphatic carbocycles. The Morgan fingerprint density at radius 3 is 2.59 bits per heavy atom. The predicted molar refractivity (Wildman–Crippen MR) is 116 cm³/mol. The van der Waals surface area contributed by atoms with Gasteiger partial charge in [-0.1, -0.05) is 24.3 Å². The maximum absolute atomic E-state index is 12.7. The van der Waals surface area contributed by atoms with Gasteiger partial charge in [-0.2, -0.15) is 0 Å². The van der Waals surface area contributed by atoms with Gasteiger partial charge in [0.2, 0.25) is 0 Å². The van der Waals surface area contributed by atoms with Crippen LogP contribution >= 0.6 is 0 Å². The van der Waals surface area contributed by atoms with E-state index in [-0.39, 0.29) is 12.4 Å². The van der Waals surface area contributed by atoms with Crippen LogP contribution in [0.2, 0.25) is 0 Å². The molecular weight excluding hydrogens is 366 g/mol. The number of aliphatic hydroxyl groups excluding tert-OH is 1. The number of aliphatic hydroxyl groups is 1. The Kier molecular flexibility index (Phi) is 6.42. The maximum atomic E-state index is 12.7. The number of hydrogen-bond donors (Lipinski definition) is 2. The summed E-state index contributed by atoms with van der Waals surface area (Å²) in [6.45, 7) is 2.43. The number of allylic oxidation sites excluding steroid dienone is 1. The number of aldehydes is 1. The Morgan fingerprint density at radius 2 is 1.86 bits per heavy atom. The first-order valence-electron chi connectivity index (χ1n) is 9.30. The van der Waals surface area contributed by atoms with E-state index < -0.39 is 0 Å². The molecule has 0 aromatic heterocycles. The van der Waals surface area contributed by atoms with Crippen LogP contribution in [-0.2, 0) is 0 Å². The second kappa shape index (κ2) is 9.17. The molecule has 29 heavy (non-hydrogen) atoms. The second-order valence-electron chi connectivity index (χ2n) is 6.69. The highest BCUT2D eigenvalue weighted by atomic mass is 16.5. The molecule has 0 saturated carbocycles. The lowest BCUT2D eigenvalue weighted by atomic mass is 9.99. The normalized spacial score (nSPS) is 11.0. The average molecular weight is 389 g/mol. The largest absolute Gasteiger partial charge is 0.497 e. The fourth-order valence-electron chi connectivity index (χ4n) is 3.20. The number of fused-ring (bicyclic) bond motifs is 1. The van der Waals surface area contributed by atoms with Crippen LogP contribution < -0.4 is 10.1 Å². The molecule has 0 fully saturated rings. The molecule has 0 aliphatic rings. The molecule has 0 heterocycles. The topological polar surface area (TPSA) is 75.6 Å². The Labute approximate surface area is 169 Å². The Hall–Kier alpha value is -3.44. The van der Waals surface area contributed by atoms with Gasteiger partial charge in [0.25, 0.3) is 0 Å². The molecule has 0 unspecified atom stereocenters. The standard InChI is InChI=1S/C24H23NO4/c1-16-11-22(29-2)14-20(15-27)23(16)7-8-24(28)19-4-3-18-13-21(25-9-10-26)6-5-17(18)12-19/h3-8,11-15,25-26H,9-10H2,1-2H3/b8-7+. The SMILES string of the molecule is COc1cc(C)c(/C=C/C(=O)c2ccc3cc(NCCO)ccc3c2)c(C=O)c1. The van der Waals surface area contributed by atoms with Crippen molar-refractivity contribution in [2.75, 3.05) is 25.6 Å². The lowest BCUT2D eigenvalue weighted by molar-refractivity contribution is 0.104. The predicted octanol–water partition coefficient (Wildman–Crippen LogP) is 4.27. The van der Waals surface area contributed by atoms with Gasteiger partial charge in [-0.3, -0.25) is 9.59 Å². The van der Waals surface area contributed by atoms with Gasteiger partial charge in [0.1, 0.15) is 5.75 Å². The molecule has 148 valence electrons. The summed E-state index contributed by atoms with van der Waals surface area (Å²) in [5, 5.41) is 14.0. The number of ketones is 1. The van der Waals surface area contributed by atoms with Crippen LogP contribution in [0.5, 0.6) is 5.75 Å². The van der Waals surface area contributed by atoms with Gasteiger partial charge < -0.3 is 15.2 Å². The fourth-order valence-corrected chi connectivity index (χ4v) is 3.20. The van der Waals surface area contributed by atoms with Crippen molar-refractivity contribution >= 4 is 34.6 Å². The summed E-state index contributed by atoms with van der Waals surface area (Å²) >= 11 is 0. The van der Waals surface area contributed by atoms with Crippen molar-refractivity contribution < 1.29 is 19.4 Å². The molecule has 3 aromatic rings. The molecule has 0 atom stereocenters. The fraction of sp³-hybridized carbons (Fsp3) is 0.167. The first-order chi connectivity index (χ1) is 14.0. The van der Waals surface area contributed by atoms with Crippen molar-refractivity contribution in [1.82, 2.24) is 0 Å². The summed E-state index contributed by atoms with van der Waals surface area (Å²) < 4.78 is 5.19. The van der Waals surface area contributed by atoms with Crippen LogP contribution in [0.1, 0.15) is 31.8 Å². The lowest BCUT2D eigenvalue weighted by Crippen LogP contribution is -2.05. The van der Waals surface area contributed by atoms with Gasteiger partial charge in [0, 0.05) is 23.4 Å². The molecule has 0 amide bonds. The minimum atomic E-state index is -0.138. The highest BCUT2D eigenvalue weighted by Gasteiger charge is 2.08. The van der Waals surface area contributed by atoms with Crippen molar-refractivity contribution in [2.24, 2.45) is 0 Å². The Bertz CT molecular complexity index is 1090. The first kappa shape index (κ1) is 20.3. The second-order valence-corrected chi connectivity index (χ2v) is 6.69. The van der Waals surface area contributed by atoms with Crippen molar-refractivity contribution in [3.05, 3.63) is 76.9 Å². The van der Waals surface area contributed by atoms with E-state index in [1.165, 1.54) is 6.08 Å². The molecule has 5 nitrogen and oxygen atoms in total. The molecule has 0 aliphatic heterocycles. The smallest absolute Gasteiger partial charge is 0.185 e. The van der Waals surface area contributed by atoms with Gasteiger partial charge in [-0.25, -0.2) is 0 Å². The monoisotopic (exact) mass is 389 g/mol. The summed E-state index contributed by atoms with van der Waals surface area (Å²) in [6, 6.07) is 14.8. The molecule has 0 saturated heterocycles. The highest BCUT2D eigenvalue weighted by Crippen LogP contribution is 2.24. The van der Waals surface area contributed by atoms with E-state index in [9.17, 15) is 9.59 Å². The molecule has 3 aromatic carbocycles. The Balaban J connectivity index is 1.85. The summed E-state index contributed by atoms with van der Waals surface area (Å²) in [5.74, 6) is 0.469. The molecule has 3 rings (SSSR count). The van der Waals surface area contributed by atoms with E-state index in [0.29, 0.717) is 29.0 Å². The van der Waals surface area contributed by atoms with E-state index in [1.54, 1.807) is 25.3 Å². The summed E-state index contributed by atoms with van der Waals surface area (Å²) in [7, 11) is 1.55. The zero-order valence-corrected chi connectivity index (χ0v) is 16.4. The summed E-state index contributed by atoms with van der Waals surface area (Å²) in [6.07, 6.45) is 3.92. The maximum Gasteiger partial charge on any atom is 0.185 e. The quantitative estimate of drug-likeness (QED) is 0.342. The summed E-state index contributed by atoms with van der Waals surface area (Å²) in [5.41, 5.74) is 3.53. The van der Waals surface area contributed by atoms with Gasteiger partial charge in [0.15, 0.2) is 12.1 Å². The van der Waals surface area contributed by atoms with Gasteiger partial charge in [-0.05, 0) is 65.2 Å². The van der Waals surface area contributed by atoms with Crippen LogP contribution in [0.4, 0.5) is 5.69 Å². The van der Waals surface area contributed by atoms with E-state index in [4.69, 9.17) is 9.84 Å². The van der Waals surface area contributed by atoms with Crippen LogP contribution in [0.25, 0.3) is 16.8 Å². The lowest BCUT2D eigenvalue weighted by Gasteiger charge is -2.08. The van der Waals surface area contributed by atoms with Crippen LogP contribution in [0.15, 0.2) is 54.6 Å². The Morgan fingerprint density at radius 1 is 1.10 bits per heavy atom. The zero-order valence-electron chi connectivity index (χ0n) is 16.4. The van der Waals surface area contributed by atoms with E-state index in [2.05, 4.69) is 5.32 Å². The van der Waals surface area contributed by atoms with E-state index in [0.717, 1.165) is 28.3 Å². The number of aryl methyl sites for hydroxylation is 1. The highest BCUT2D eigenvalue weighted by molar-refractivity contribution is 6.09. The third-order valence-electron chi connectivity index (χ3n) is 4.72. The van der Waals surface area contributed by atoms with Crippen molar-refractivity contribution in [3.8, 4) is 5.75 Å². The number of hydrogen-bond acceptors (Lipinski definition) is 5. The molecular formula is C24H23NO4. The van der Waals surface area contributed by atoms with Gasteiger partial charge in [0.05, 0.1) is 13.7 Å². The molecule has 0 bridgehead atoms. The third-order valence-corrected chi connectivity index (χ3v) is 4.72. The minimum Gasteiger partial charge on any atom is -0.497 e. The number of nitrogens with one attached hydrogen (secondary N) is 1. The third kappa shape index (κ3) is 4.70. The number of methoxy groups -OCH3 is 1. The van der Waals surface area contributed by atoms with Crippen LogP contribution in [0.3, 0.4) is 0 Å². The van der Waals surface area contributed by atoms with Gasteiger partial charge >= 0.3 is 0 Å². The zero-order chi connectivity index (χ0) is 20.8. The number of anilines is 1. The number of carbonyl (C=O) groups is 2. The number of ether oxygens (including phenoxy) is 1. The molecule has 0 spiro atoms. The average Bonchev–Trinajstić information content (AvgIpc) is 2.75. The van der Waals surface area contributed by atoms with Crippen molar-refractivity contribution in [1.29, 1.82) is 0 Å². The van der Waals surface area contributed by atoms with Crippen LogP contribution in [-0.4, -0.2) is 37.4 Å². The number of rotatable bonds is 8. The minimum absolute atomic E-state index is 0.0668. The van der Waals surface area contributed by atoms with Gasteiger partial charge in [-0.15, -0.1) is 0 Å². The number of benzene rings is 3. The molecule has 0 radical (unpaired) electrons.